The number of hydrogen-bond acceptors (Lipinski definition) is 4. The summed E-state index contributed by atoms with van der Waals surface area (Å²) in [6, 6.07) is 22.9. The maximum absolute atomic E-state index is 13.2. The van der Waals surface area contributed by atoms with Gasteiger partial charge in [-0.15, -0.1) is 0 Å². The fourth-order valence-electron chi connectivity index (χ4n) is 4.21. The Hall–Kier alpha value is -3.80. The number of amides is 2. The fraction of sp³-hybridized carbons (Fsp3) is 0.286. The Kier molecular flexibility index (Phi) is 7.81. The molecule has 0 radical (unpaired) electrons. The number of nitrogens with one attached hydrogen (secondary N) is 2. The van der Waals surface area contributed by atoms with Crippen LogP contribution in [0.1, 0.15) is 40.7 Å². The van der Waals surface area contributed by atoms with Gasteiger partial charge in [-0.1, -0.05) is 42.5 Å². The largest absolute Gasteiger partial charge is 0.497 e. The van der Waals surface area contributed by atoms with Crippen molar-refractivity contribution in [3.05, 3.63) is 89.5 Å². The summed E-state index contributed by atoms with van der Waals surface area (Å²) < 4.78 is 5.17. The van der Waals surface area contributed by atoms with Gasteiger partial charge in [0.2, 0.25) is 5.91 Å². The minimum Gasteiger partial charge on any atom is -0.497 e. The van der Waals surface area contributed by atoms with Crippen LogP contribution in [0.4, 0.5) is 11.4 Å². The molecule has 1 heterocycles. The molecule has 6 heteroatoms. The maximum Gasteiger partial charge on any atom is 0.253 e. The summed E-state index contributed by atoms with van der Waals surface area (Å²) in [6.45, 7) is 2.32. The zero-order valence-electron chi connectivity index (χ0n) is 19.5. The van der Waals surface area contributed by atoms with Crippen LogP contribution in [-0.4, -0.2) is 32.0 Å². The highest BCUT2D eigenvalue weighted by molar-refractivity contribution is 6.02. The predicted molar refractivity (Wildman–Crippen MR) is 135 cm³/mol. The molecule has 0 atom stereocenters. The third kappa shape index (κ3) is 6.16. The van der Waals surface area contributed by atoms with E-state index in [-0.39, 0.29) is 18.2 Å². The molecule has 6 nitrogen and oxygen atoms in total. The maximum atomic E-state index is 13.2. The summed E-state index contributed by atoms with van der Waals surface area (Å²) in [5, 5.41) is 5.99. The summed E-state index contributed by atoms with van der Waals surface area (Å²) in [7, 11) is 1.61. The van der Waals surface area contributed by atoms with Crippen LogP contribution < -0.4 is 20.3 Å². The van der Waals surface area contributed by atoms with Crippen molar-refractivity contribution in [1.29, 1.82) is 0 Å². The lowest BCUT2D eigenvalue weighted by molar-refractivity contribution is -0.115. The normalized spacial score (nSPS) is 13.3. The molecular formula is C28H31N3O3. The van der Waals surface area contributed by atoms with Crippen LogP contribution in [0.15, 0.2) is 72.8 Å². The van der Waals surface area contributed by atoms with Gasteiger partial charge >= 0.3 is 0 Å². The van der Waals surface area contributed by atoms with E-state index in [1.165, 1.54) is 6.42 Å². The van der Waals surface area contributed by atoms with Gasteiger partial charge in [-0.25, -0.2) is 0 Å². The lowest BCUT2D eigenvalue weighted by Gasteiger charge is -2.30. The molecule has 1 fully saturated rings. The van der Waals surface area contributed by atoms with Gasteiger partial charge in [0.1, 0.15) is 5.75 Å². The second-order valence-corrected chi connectivity index (χ2v) is 8.52. The monoisotopic (exact) mass is 457 g/mol. The first kappa shape index (κ1) is 23.4. The highest BCUT2D eigenvalue weighted by Crippen LogP contribution is 2.27. The summed E-state index contributed by atoms with van der Waals surface area (Å²) in [4.78, 5) is 28.1. The fourth-order valence-corrected chi connectivity index (χ4v) is 4.21. The zero-order chi connectivity index (χ0) is 23.8. The smallest absolute Gasteiger partial charge is 0.253 e. The molecule has 0 aliphatic carbocycles. The Bertz CT molecular complexity index is 1110. The van der Waals surface area contributed by atoms with E-state index in [0.29, 0.717) is 17.8 Å². The SMILES string of the molecule is COc1ccc(CC(=O)Nc2ccc(N3CCCCC3)c(C(=O)NCc3ccccc3)c2)cc1. The van der Waals surface area contributed by atoms with Gasteiger partial charge in [0.15, 0.2) is 0 Å². The molecule has 1 aliphatic rings. The molecule has 0 saturated carbocycles. The molecule has 2 amide bonds. The molecule has 34 heavy (non-hydrogen) atoms. The molecule has 0 unspecified atom stereocenters. The second-order valence-electron chi connectivity index (χ2n) is 8.52. The molecule has 1 saturated heterocycles. The number of carbonyl (C=O) groups excluding carboxylic acids is 2. The summed E-state index contributed by atoms with van der Waals surface area (Å²) in [6.07, 6.45) is 3.69. The molecule has 3 aromatic rings. The van der Waals surface area contributed by atoms with Crippen molar-refractivity contribution in [3.8, 4) is 5.75 Å². The van der Waals surface area contributed by atoms with Crippen molar-refractivity contribution in [1.82, 2.24) is 5.32 Å². The van der Waals surface area contributed by atoms with Crippen LogP contribution in [0, 0.1) is 0 Å². The Morgan fingerprint density at radius 1 is 0.882 bits per heavy atom. The van der Waals surface area contributed by atoms with Gasteiger partial charge in [0, 0.05) is 31.0 Å². The van der Waals surface area contributed by atoms with Crippen molar-refractivity contribution in [2.45, 2.75) is 32.2 Å². The molecule has 176 valence electrons. The van der Waals surface area contributed by atoms with E-state index in [2.05, 4.69) is 15.5 Å². The van der Waals surface area contributed by atoms with Crippen LogP contribution in [0.2, 0.25) is 0 Å². The Morgan fingerprint density at radius 3 is 2.32 bits per heavy atom. The number of rotatable bonds is 8. The highest BCUT2D eigenvalue weighted by atomic mass is 16.5. The number of ether oxygens (including phenoxy) is 1. The summed E-state index contributed by atoms with van der Waals surface area (Å²) >= 11 is 0. The van der Waals surface area contributed by atoms with Crippen molar-refractivity contribution < 1.29 is 14.3 Å². The molecule has 0 bridgehead atoms. The van der Waals surface area contributed by atoms with Crippen LogP contribution in [0.5, 0.6) is 5.75 Å². The number of anilines is 2. The number of carbonyl (C=O) groups is 2. The molecular weight excluding hydrogens is 426 g/mol. The van der Waals surface area contributed by atoms with Crippen LogP contribution in [0.3, 0.4) is 0 Å². The van der Waals surface area contributed by atoms with Gasteiger partial charge in [-0.3, -0.25) is 9.59 Å². The van der Waals surface area contributed by atoms with E-state index in [0.717, 1.165) is 48.5 Å². The molecule has 0 spiro atoms. The van der Waals surface area contributed by atoms with Crippen molar-refractivity contribution >= 4 is 23.2 Å². The van der Waals surface area contributed by atoms with Crippen molar-refractivity contribution in [2.75, 3.05) is 30.4 Å². The topological polar surface area (TPSA) is 70.7 Å². The van der Waals surface area contributed by atoms with Gasteiger partial charge in [-0.2, -0.15) is 0 Å². The quantitative estimate of drug-likeness (QED) is 0.510. The van der Waals surface area contributed by atoms with E-state index >= 15 is 0 Å². The van der Waals surface area contributed by atoms with Crippen LogP contribution in [-0.2, 0) is 17.8 Å². The van der Waals surface area contributed by atoms with Crippen LogP contribution >= 0.6 is 0 Å². The summed E-state index contributed by atoms with van der Waals surface area (Å²) in [5.41, 5.74) is 4.05. The second kappa shape index (κ2) is 11.4. The number of methoxy groups -OCH3 is 1. The van der Waals surface area contributed by atoms with E-state index in [1.54, 1.807) is 13.2 Å². The Balaban J connectivity index is 1.49. The molecule has 2 N–H and O–H groups in total. The lowest BCUT2D eigenvalue weighted by Crippen LogP contribution is -2.32. The van der Waals surface area contributed by atoms with Crippen LogP contribution in [0.25, 0.3) is 0 Å². The van der Waals surface area contributed by atoms with Gasteiger partial charge < -0.3 is 20.3 Å². The Labute approximate surface area is 200 Å². The third-order valence-corrected chi connectivity index (χ3v) is 6.04. The highest BCUT2D eigenvalue weighted by Gasteiger charge is 2.20. The number of benzene rings is 3. The summed E-state index contributed by atoms with van der Waals surface area (Å²) in [5.74, 6) is 0.478. The third-order valence-electron chi connectivity index (χ3n) is 6.04. The van der Waals surface area contributed by atoms with E-state index in [1.807, 2.05) is 66.7 Å². The first-order chi connectivity index (χ1) is 16.6. The van der Waals surface area contributed by atoms with Gasteiger partial charge in [0.25, 0.3) is 5.91 Å². The van der Waals surface area contributed by atoms with Gasteiger partial charge in [0.05, 0.1) is 19.1 Å². The minimum absolute atomic E-state index is 0.133. The number of piperidine rings is 1. The van der Waals surface area contributed by atoms with Gasteiger partial charge in [-0.05, 0) is 60.7 Å². The van der Waals surface area contributed by atoms with Crippen molar-refractivity contribution in [2.24, 2.45) is 0 Å². The standard InChI is InChI=1S/C28H31N3O3/c1-34-24-13-10-21(11-14-24)18-27(32)30-23-12-15-26(31-16-6-3-7-17-31)25(19-23)28(33)29-20-22-8-4-2-5-9-22/h2,4-5,8-15,19H,3,6-7,16-18,20H2,1H3,(H,29,33)(H,30,32). The zero-order valence-corrected chi connectivity index (χ0v) is 19.5. The Morgan fingerprint density at radius 2 is 1.62 bits per heavy atom. The molecule has 0 aromatic heterocycles. The minimum atomic E-state index is -0.143. The lowest BCUT2D eigenvalue weighted by atomic mass is 10.1. The first-order valence-electron chi connectivity index (χ1n) is 11.8. The van der Waals surface area contributed by atoms with E-state index in [9.17, 15) is 9.59 Å². The number of nitrogens with zero attached hydrogens (tertiary/aromatic N) is 1. The predicted octanol–water partition coefficient (Wildman–Crippen LogP) is 4.80. The molecule has 3 aromatic carbocycles. The van der Waals surface area contributed by atoms with E-state index < -0.39 is 0 Å². The average molecular weight is 458 g/mol. The molecule has 1 aliphatic heterocycles. The first-order valence-corrected chi connectivity index (χ1v) is 11.8. The average Bonchev–Trinajstić information content (AvgIpc) is 2.89. The number of hydrogen-bond donors (Lipinski definition) is 2. The van der Waals surface area contributed by atoms with E-state index in [4.69, 9.17) is 4.74 Å². The van der Waals surface area contributed by atoms with Crippen molar-refractivity contribution in [3.63, 3.8) is 0 Å². The molecule has 4 rings (SSSR count).